The van der Waals surface area contributed by atoms with Gasteiger partial charge in [-0.15, -0.1) is 0 Å². The van der Waals surface area contributed by atoms with Crippen LogP contribution in [0.1, 0.15) is 62.2 Å². The molecule has 0 aliphatic carbocycles. The molecule has 7 nitrogen and oxygen atoms in total. The molecule has 5 aromatic rings. The van der Waals surface area contributed by atoms with Gasteiger partial charge < -0.3 is 24.2 Å². The lowest BCUT2D eigenvalue weighted by Crippen LogP contribution is -2.67. The van der Waals surface area contributed by atoms with Crippen LogP contribution in [0, 0.1) is 17.6 Å². The highest BCUT2D eigenvalue weighted by Gasteiger charge is 2.53. The number of para-hydroxylation sites is 1. The van der Waals surface area contributed by atoms with Crippen LogP contribution in [0.2, 0.25) is 5.04 Å². The van der Waals surface area contributed by atoms with E-state index in [0.717, 1.165) is 26.8 Å². The largest absolute Gasteiger partial charge is 0.465 e. The molecule has 1 saturated heterocycles. The van der Waals surface area contributed by atoms with Crippen molar-refractivity contribution >= 4 is 35.7 Å². The van der Waals surface area contributed by atoms with Crippen molar-refractivity contribution < 1.29 is 36.6 Å². The summed E-state index contributed by atoms with van der Waals surface area (Å²) < 4.78 is 79.2. The maximum Gasteiger partial charge on any atom is 0.407 e. The fourth-order valence-electron chi connectivity index (χ4n) is 8.84. The number of halogens is 4. The zero-order valence-electron chi connectivity index (χ0n) is 31.7. The third kappa shape index (κ3) is 7.09. The lowest BCUT2D eigenvalue weighted by atomic mass is 9.85. The van der Waals surface area contributed by atoms with Crippen molar-refractivity contribution in [2.45, 2.75) is 63.3 Å². The smallest absolute Gasteiger partial charge is 0.407 e. The molecule has 2 aliphatic rings. The van der Waals surface area contributed by atoms with Crippen molar-refractivity contribution in [2.75, 3.05) is 33.4 Å². The van der Waals surface area contributed by atoms with Crippen molar-refractivity contribution in [3.63, 3.8) is 0 Å². The summed E-state index contributed by atoms with van der Waals surface area (Å²) in [5, 5.41) is 11.4. The van der Waals surface area contributed by atoms with Crippen LogP contribution in [0.25, 0.3) is 10.9 Å². The molecule has 2 aliphatic heterocycles. The van der Waals surface area contributed by atoms with Gasteiger partial charge >= 0.3 is 6.09 Å². The summed E-state index contributed by atoms with van der Waals surface area (Å²) in [4.78, 5) is 17.4. The molecule has 290 valence electrons. The van der Waals surface area contributed by atoms with Gasteiger partial charge in [-0.05, 0) is 58.1 Å². The number of aromatic nitrogens is 1. The third-order valence-corrected chi connectivity index (χ3v) is 16.4. The average Bonchev–Trinajstić information content (AvgIpc) is 3.48. The van der Waals surface area contributed by atoms with Gasteiger partial charge in [0, 0.05) is 54.3 Å². The molecule has 1 amide bonds. The summed E-state index contributed by atoms with van der Waals surface area (Å²) in [5.74, 6) is -5.53. The average molecular weight is 774 g/mol. The second kappa shape index (κ2) is 14.9. The fourth-order valence-corrected chi connectivity index (χ4v) is 13.4. The zero-order valence-corrected chi connectivity index (χ0v) is 32.7. The summed E-state index contributed by atoms with van der Waals surface area (Å²) in [6.45, 7) is 6.49. The molecule has 0 radical (unpaired) electrons. The Morgan fingerprint density at radius 3 is 2.04 bits per heavy atom. The van der Waals surface area contributed by atoms with Gasteiger partial charge in [-0.1, -0.05) is 99.6 Å². The molecular weight excluding hydrogens is 727 g/mol. The van der Waals surface area contributed by atoms with Gasteiger partial charge in [0.05, 0.1) is 25.3 Å². The Bertz CT molecular complexity index is 2090. The van der Waals surface area contributed by atoms with Crippen LogP contribution in [0.4, 0.5) is 22.4 Å². The number of nitrogens with one attached hydrogen (secondary N) is 1. The molecule has 1 aromatic heterocycles. The van der Waals surface area contributed by atoms with Crippen LogP contribution in [0.3, 0.4) is 0 Å². The van der Waals surface area contributed by atoms with E-state index >= 15 is 17.6 Å². The number of fused-ring (bicyclic) bond motifs is 3. The number of hydrogen-bond donors (Lipinski definition) is 2. The standard InChI is InChI=1S/C43H47F4N3O4Si/c1-27-20-33-32-18-12-13-19-36(32)48-38(33)39(37-34(44)21-28(22-35(37)45)40(53-5)29-23-49(24-29)41(51)52)50(27)25-43(46,47)26-54-55(42(2,3)4,30-14-8-6-9-15-30)31-16-10-7-11-17-31/h6-19,21-22,27,29,39-40,48H,20,23-26H2,1-5H3,(H,51,52)/t27-,39-,40?/m1/s1. The molecule has 4 aromatic carbocycles. The van der Waals surface area contributed by atoms with Gasteiger partial charge in [-0.2, -0.15) is 0 Å². The summed E-state index contributed by atoms with van der Waals surface area (Å²) in [6, 6.07) is 27.3. The minimum absolute atomic E-state index is 0.163. The number of benzene rings is 4. The first-order valence-corrected chi connectivity index (χ1v) is 20.5. The number of amides is 1. The van der Waals surface area contributed by atoms with E-state index in [9.17, 15) is 9.90 Å². The van der Waals surface area contributed by atoms with E-state index in [0.29, 0.717) is 12.1 Å². The molecule has 2 N–H and O–H groups in total. The van der Waals surface area contributed by atoms with Gasteiger partial charge in [0.15, 0.2) is 0 Å². The van der Waals surface area contributed by atoms with Crippen molar-refractivity contribution in [1.82, 2.24) is 14.8 Å². The second-order valence-corrected chi connectivity index (χ2v) is 20.3. The lowest BCUT2D eigenvalue weighted by Gasteiger charge is -2.45. The highest BCUT2D eigenvalue weighted by molar-refractivity contribution is 6.99. The first kappa shape index (κ1) is 38.8. The number of carboxylic acid groups (broad SMARTS) is 1. The van der Waals surface area contributed by atoms with Crippen LogP contribution < -0.4 is 10.4 Å². The van der Waals surface area contributed by atoms with Gasteiger partial charge in [0.2, 0.25) is 0 Å². The summed E-state index contributed by atoms with van der Waals surface area (Å²) in [6.07, 6.45) is -1.45. The van der Waals surface area contributed by atoms with E-state index in [1.807, 2.05) is 113 Å². The summed E-state index contributed by atoms with van der Waals surface area (Å²) >= 11 is 0. The maximum absolute atomic E-state index is 16.8. The Morgan fingerprint density at radius 1 is 0.927 bits per heavy atom. The number of likely N-dealkylation sites (tertiary alicyclic amines) is 1. The van der Waals surface area contributed by atoms with E-state index in [1.54, 1.807) is 0 Å². The first-order valence-electron chi connectivity index (χ1n) is 18.6. The summed E-state index contributed by atoms with van der Waals surface area (Å²) in [7, 11) is -1.92. The molecule has 1 fully saturated rings. The number of aromatic amines is 1. The van der Waals surface area contributed by atoms with E-state index in [-0.39, 0.29) is 30.1 Å². The highest BCUT2D eigenvalue weighted by Crippen LogP contribution is 2.45. The Hall–Kier alpha value is -4.49. The SMILES string of the molecule is COC(c1cc(F)c([C@@H]2c3[nH]c4ccccc4c3C[C@@H](C)N2CC(F)(F)CO[Si](c2ccccc2)(c2ccccc2)C(C)(C)C)c(F)c1)C1CN(C(=O)O)C1. The maximum atomic E-state index is 16.8. The third-order valence-electron chi connectivity index (χ3n) is 11.4. The molecule has 1 unspecified atom stereocenters. The molecule has 0 saturated carbocycles. The van der Waals surface area contributed by atoms with Crippen LogP contribution in [-0.4, -0.2) is 79.6 Å². The van der Waals surface area contributed by atoms with E-state index in [1.165, 1.54) is 29.0 Å². The van der Waals surface area contributed by atoms with E-state index in [2.05, 4.69) is 4.98 Å². The normalized spacial score (nSPS) is 19.0. The van der Waals surface area contributed by atoms with Gasteiger partial charge in [0.1, 0.15) is 11.6 Å². The molecule has 12 heteroatoms. The number of alkyl halides is 2. The molecule has 55 heavy (non-hydrogen) atoms. The molecule has 0 spiro atoms. The van der Waals surface area contributed by atoms with E-state index < -0.39 is 68.3 Å². The number of H-pyrrole nitrogens is 1. The van der Waals surface area contributed by atoms with Gasteiger partial charge in [-0.3, -0.25) is 4.90 Å². The predicted octanol–water partition coefficient (Wildman–Crippen LogP) is 8.29. The number of ether oxygens (including phenoxy) is 1. The van der Waals surface area contributed by atoms with Crippen molar-refractivity contribution in [2.24, 2.45) is 5.92 Å². The summed E-state index contributed by atoms with van der Waals surface area (Å²) in [5.41, 5.74) is 1.92. The van der Waals surface area contributed by atoms with Crippen LogP contribution >= 0.6 is 0 Å². The lowest BCUT2D eigenvalue weighted by molar-refractivity contribution is -0.0825. The number of rotatable bonds is 11. The van der Waals surface area contributed by atoms with Crippen molar-refractivity contribution in [1.29, 1.82) is 0 Å². The van der Waals surface area contributed by atoms with Crippen molar-refractivity contribution in [3.05, 3.63) is 131 Å². The topological polar surface area (TPSA) is 78.0 Å². The Kier molecular flexibility index (Phi) is 10.5. The number of nitrogens with zero attached hydrogens (tertiary/aromatic N) is 2. The zero-order chi connectivity index (χ0) is 39.3. The quantitative estimate of drug-likeness (QED) is 0.104. The molecule has 3 heterocycles. The van der Waals surface area contributed by atoms with Crippen LogP contribution in [-0.2, 0) is 15.6 Å². The molecular formula is C43H47F4N3O4Si. The fraction of sp³-hybridized carbons (Fsp3) is 0.372. The predicted molar refractivity (Wildman–Crippen MR) is 208 cm³/mol. The van der Waals surface area contributed by atoms with Gasteiger partial charge in [0.25, 0.3) is 14.2 Å². The van der Waals surface area contributed by atoms with Gasteiger partial charge in [-0.25, -0.2) is 22.4 Å². The molecule has 0 bridgehead atoms. The highest BCUT2D eigenvalue weighted by atomic mass is 28.4. The second-order valence-electron chi connectivity index (χ2n) is 16.0. The minimum Gasteiger partial charge on any atom is -0.465 e. The Morgan fingerprint density at radius 2 is 1.49 bits per heavy atom. The van der Waals surface area contributed by atoms with Crippen LogP contribution in [0.5, 0.6) is 0 Å². The monoisotopic (exact) mass is 773 g/mol. The number of methoxy groups -OCH3 is 1. The Balaban J connectivity index is 1.27. The number of hydrogen-bond acceptors (Lipinski definition) is 4. The molecule has 7 rings (SSSR count). The Labute approximate surface area is 320 Å². The molecule has 3 atom stereocenters. The first-order chi connectivity index (χ1) is 26.1. The van der Waals surface area contributed by atoms with E-state index in [4.69, 9.17) is 9.16 Å². The number of carbonyl (C=O) groups is 1. The van der Waals surface area contributed by atoms with Crippen molar-refractivity contribution in [3.8, 4) is 0 Å². The van der Waals surface area contributed by atoms with Crippen LogP contribution in [0.15, 0.2) is 97.1 Å². The minimum atomic E-state index is -3.43.